The van der Waals surface area contributed by atoms with E-state index in [0.717, 1.165) is 19.0 Å². The molecule has 18 heavy (non-hydrogen) atoms. The average Bonchev–Trinajstić information content (AvgIpc) is 2.83. The molecule has 5 nitrogen and oxygen atoms in total. The van der Waals surface area contributed by atoms with Gasteiger partial charge in [-0.25, -0.2) is 0 Å². The standard InChI is InChI=1S/C11H20BO5S/c1-5-11(6-14-18-12)8-7(9(13-4)17-11)15-10(2,3)16-8/h7-9,12H,5-6H2,1-4H3/t7?,8-,9-,11+/m1/s1/i12T. The van der Waals surface area contributed by atoms with Crippen LogP contribution in [0.25, 0.3) is 0 Å². The van der Waals surface area contributed by atoms with Crippen LogP contribution in [0.15, 0.2) is 0 Å². The molecule has 4 atom stereocenters. The van der Waals surface area contributed by atoms with E-state index in [1.54, 1.807) is 7.11 Å². The zero-order chi connectivity index (χ0) is 14.1. The molecule has 103 valence electrons. The topological polar surface area (TPSA) is 46.2 Å². The van der Waals surface area contributed by atoms with Crippen LogP contribution in [0, 0.1) is 0 Å². The van der Waals surface area contributed by atoms with Crippen molar-refractivity contribution in [1.82, 2.24) is 0 Å². The summed E-state index contributed by atoms with van der Waals surface area (Å²) < 4.78 is 35.5. The highest BCUT2D eigenvalue weighted by Gasteiger charge is 2.62. The molecule has 0 N–H and O–H groups in total. The highest BCUT2D eigenvalue weighted by molar-refractivity contribution is 8.15. The van der Waals surface area contributed by atoms with Gasteiger partial charge in [0.05, 0.1) is 6.61 Å². The van der Waals surface area contributed by atoms with Gasteiger partial charge >= 0.3 is 0 Å². The molecule has 0 aromatic carbocycles. The third kappa shape index (κ3) is 2.44. The predicted octanol–water partition coefficient (Wildman–Crippen LogP) is 1.14. The maximum absolute atomic E-state index is 6.97. The molecule has 2 rings (SSSR count). The van der Waals surface area contributed by atoms with Crippen molar-refractivity contribution in [1.29, 1.82) is 1.34 Å². The van der Waals surface area contributed by atoms with Gasteiger partial charge in [0.1, 0.15) is 17.8 Å². The van der Waals surface area contributed by atoms with Crippen LogP contribution in [0.1, 0.15) is 27.2 Å². The molecule has 1 radical (unpaired) electrons. The quantitative estimate of drug-likeness (QED) is 0.412. The first-order valence-corrected chi connectivity index (χ1v) is 6.83. The number of fused-ring (bicyclic) bond motifs is 1. The molecule has 0 spiro atoms. The van der Waals surface area contributed by atoms with E-state index in [1.165, 1.54) is 0 Å². The summed E-state index contributed by atoms with van der Waals surface area (Å²) in [5.74, 6) is -0.648. The minimum absolute atomic E-state index is 0.233. The molecular weight excluding hydrogens is 255 g/mol. The van der Waals surface area contributed by atoms with Crippen LogP contribution >= 0.6 is 11.9 Å². The Bertz CT molecular complexity index is 321. The highest BCUT2D eigenvalue weighted by Crippen LogP contribution is 2.46. The van der Waals surface area contributed by atoms with Gasteiger partial charge in [0, 0.05) is 7.11 Å². The summed E-state index contributed by atoms with van der Waals surface area (Å²) in [6, 6.07) is 0. The van der Waals surface area contributed by atoms with Gasteiger partial charge < -0.3 is 23.1 Å². The summed E-state index contributed by atoms with van der Waals surface area (Å²) in [5, 5.41) is 0. The van der Waals surface area contributed by atoms with Gasteiger partial charge in [-0.15, -0.1) is 0 Å². The Morgan fingerprint density at radius 1 is 1.39 bits per heavy atom. The van der Waals surface area contributed by atoms with Crippen molar-refractivity contribution in [2.24, 2.45) is 0 Å². The minimum atomic E-state index is -0.648. The SMILES string of the molecule is [3H][B]SOC[C@]1(CC)O[C@@H](OC)C2OC(C)(C)O[C@H]21. The molecule has 0 aromatic heterocycles. The molecule has 2 saturated heterocycles. The largest absolute Gasteiger partial charge is 0.353 e. The molecular formula is C11H20BO5S. The molecule has 2 heterocycles. The van der Waals surface area contributed by atoms with Crippen LogP contribution < -0.4 is 0 Å². The second kappa shape index (κ2) is 5.30. The van der Waals surface area contributed by atoms with Crippen LogP contribution in [-0.4, -0.2) is 52.0 Å². The van der Waals surface area contributed by atoms with E-state index in [9.17, 15) is 0 Å². The highest BCUT2D eigenvalue weighted by atomic mass is 32.2. The second-order valence-electron chi connectivity index (χ2n) is 5.02. The Labute approximate surface area is 115 Å². The zero-order valence-corrected chi connectivity index (χ0v) is 12.0. The summed E-state index contributed by atoms with van der Waals surface area (Å²) in [6.45, 7) is 6.10. The van der Waals surface area contributed by atoms with Crippen molar-refractivity contribution in [3.8, 4) is 0 Å². The van der Waals surface area contributed by atoms with Crippen LogP contribution in [0.2, 0.25) is 0 Å². The molecule has 0 bridgehead atoms. The average molecular weight is 277 g/mol. The number of rotatable bonds is 6. The van der Waals surface area contributed by atoms with E-state index < -0.39 is 17.7 Å². The Balaban J connectivity index is 2.14. The van der Waals surface area contributed by atoms with Crippen LogP contribution in [0.4, 0.5) is 0 Å². The third-order valence-corrected chi connectivity index (χ3v) is 3.72. The van der Waals surface area contributed by atoms with Crippen molar-refractivity contribution in [3.05, 3.63) is 0 Å². The van der Waals surface area contributed by atoms with Gasteiger partial charge in [0.25, 0.3) is 0 Å². The summed E-state index contributed by atoms with van der Waals surface area (Å²) in [4.78, 5) is 0. The molecule has 7 heteroatoms. The minimum Gasteiger partial charge on any atom is -0.353 e. The lowest BCUT2D eigenvalue weighted by Gasteiger charge is -2.33. The molecule has 2 aliphatic heterocycles. The predicted molar refractivity (Wildman–Crippen MR) is 69.4 cm³/mol. The third-order valence-electron chi connectivity index (χ3n) is 3.47. The molecule has 2 fully saturated rings. The van der Waals surface area contributed by atoms with Gasteiger partial charge in [-0.3, -0.25) is 0 Å². The van der Waals surface area contributed by atoms with Gasteiger partial charge in [0.2, 0.25) is 7.09 Å². The van der Waals surface area contributed by atoms with E-state index in [2.05, 4.69) is 0 Å². The molecule has 0 saturated carbocycles. The maximum atomic E-state index is 6.97. The van der Waals surface area contributed by atoms with E-state index in [4.69, 9.17) is 24.5 Å². The lowest BCUT2D eigenvalue weighted by molar-refractivity contribution is -0.254. The zero-order valence-electron chi connectivity index (χ0n) is 12.2. The van der Waals surface area contributed by atoms with Crippen molar-refractivity contribution >= 4 is 19.0 Å². The Morgan fingerprint density at radius 3 is 2.78 bits per heavy atom. The van der Waals surface area contributed by atoms with Crippen LogP contribution in [0.3, 0.4) is 0 Å². The van der Waals surface area contributed by atoms with E-state index in [-0.39, 0.29) is 12.2 Å². The Hall–Kier alpha value is 0.215. The summed E-state index contributed by atoms with van der Waals surface area (Å²) >= 11 is 0.976. The van der Waals surface area contributed by atoms with Crippen molar-refractivity contribution < 1.29 is 23.1 Å². The number of hydrogen-bond donors (Lipinski definition) is 0. The number of methoxy groups -OCH3 is 1. The van der Waals surface area contributed by atoms with E-state index >= 15 is 0 Å². The monoisotopic (exact) mass is 277 g/mol. The van der Waals surface area contributed by atoms with Crippen molar-refractivity contribution in [3.63, 3.8) is 0 Å². The van der Waals surface area contributed by atoms with Gasteiger partial charge in [-0.1, -0.05) is 18.8 Å². The van der Waals surface area contributed by atoms with Crippen LogP contribution in [0.5, 0.6) is 0 Å². The lowest BCUT2D eigenvalue weighted by atomic mass is 9.93. The lowest BCUT2D eigenvalue weighted by Crippen LogP contribution is -2.46. The van der Waals surface area contributed by atoms with E-state index in [0.29, 0.717) is 13.0 Å². The molecule has 2 aliphatic rings. The first-order valence-electron chi connectivity index (χ1n) is 6.60. The van der Waals surface area contributed by atoms with Crippen molar-refractivity contribution in [2.45, 2.75) is 57.1 Å². The second-order valence-corrected chi connectivity index (χ2v) is 5.45. The van der Waals surface area contributed by atoms with Crippen LogP contribution in [-0.2, 0) is 23.1 Å². The fraction of sp³-hybridized carbons (Fsp3) is 1.00. The summed E-state index contributed by atoms with van der Waals surface area (Å²) in [5.41, 5.74) is -0.602. The molecule has 0 amide bonds. The fourth-order valence-electron chi connectivity index (χ4n) is 2.58. The maximum Gasteiger partial charge on any atom is 0.209 e. The summed E-state index contributed by atoms with van der Waals surface area (Å²) in [7, 11) is 2.73. The number of ether oxygens (including phenoxy) is 4. The smallest absolute Gasteiger partial charge is 0.209 e. The normalized spacial score (nSPS) is 42.7. The number of hydrogen-bond acceptors (Lipinski definition) is 6. The van der Waals surface area contributed by atoms with Gasteiger partial charge in [-0.05, 0) is 21.6 Å². The molecule has 0 aliphatic carbocycles. The molecule has 0 aromatic rings. The Kier molecular flexibility index (Phi) is 3.89. The molecule has 1 unspecified atom stereocenters. The van der Waals surface area contributed by atoms with Gasteiger partial charge in [0.15, 0.2) is 12.1 Å². The fourth-order valence-corrected chi connectivity index (χ4v) is 2.85. The van der Waals surface area contributed by atoms with Gasteiger partial charge in [-0.2, -0.15) is 0 Å². The Morgan fingerprint density at radius 2 is 2.17 bits per heavy atom. The summed E-state index contributed by atoms with van der Waals surface area (Å²) in [6.07, 6.45) is -0.232. The van der Waals surface area contributed by atoms with E-state index in [1.807, 2.05) is 20.8 Å². The van der Waals surface area contributed by atoms with Crippen molar-refractivity contribution in [2.75, 3.05) is 13.7 Å². The first-order chi connectivity index (χ1) is 8.98. The first kappa shape index (κ1) is 13.2.